The molecule has 1 aliphatic rings. The molecule has 1 saturated heterocycles. The van der Waals surface area contributed by atoms with E-state index in [0.717, 1.165) is 19.3 Å². The van der Waals surface area contributed by atoms with Crippen LogP contribution >= 0.6 is 0 Å². The summed E-state index contributed by atoms with van der Waals surface area (Å²) in [7, 11) is 0. The molecular weight excluding hydrogens is 274 g/mol. The number of anilines is 1. The summed E-state index contributed by atoms with van der Waals surface area (Å²) < 4.78 is 0. The van der Waals surface area contributed by atoms with E-state index in [2.05, 4.69) is 15.2 Å². The highest BCUT2D eigenvalue weighted by Gasteiger charge is 2.23. The molecule has 1 aromatic rings. The number of rotatable bonds is 5. The Morgan fingerprint density at radius 3 is 2.86 bits per heavy atom. The van der Waals surface area contributed by atoms with Crippen LogP contribution in [0.3, 0.4) is 0 Å². The van der Waals surface area contributed by atoms with Gasteiger partial charge in [-0.15, -0.1) is 0 Å². The number of hydrogen-bond acceptors (Lipinski definition) is 6. The Hall–Kier alpha value is -2.22. The van der Waals surface area contributed by atoms with E-state index in [9.17, 15) is 14.9 Å². The fraction of sp³-hybridized carbons (Fsp3) is 0.538. The molecule has 0 aliphatic carbocycles. The van der Waals surface area contributed by atoms with Crippen molar-refractivity contribution in [2.24, 2.45) is 0 Å². The monoisotopic (exact) mass is 293 g/mol. The van der Waals surface area contributed by atoms with Crippen molar-refractivity contribution in [2.45, 2.75) is 25.8 Å². The number of amides is 1. The predicted octanol–water partition coefficient (Wildman–Crippen LogP) is 0.786. The van der Waals surface area contributed by atoms with E-state index in [1.807, 2.05) is 6.92 Å². The number of nitrogens with one attached hydrogen (secondary N) is 1. The Bertz CT molecular complexity index is 543. The highest BCUT2D eigenvalue weighted by Crippen LogP contribution is 2.19. The molecule has 1 aromatic heterocycles. The van der Waals surface area contributed by atoms with Gasteiger partial charge < -0.3 is 11.1 Å². The molecule has 1 unspecified atom stereocenters. The fourth-order valence-electron chi connectivity index (χ4n) is 2.44. The van der Waals surface area contributed by atoms with Gasteiger partial charge in [-0.3, -0.25) is 19.8 Å². The molecule has 21 heavy (non-hydrogen) atoms. The summed E-state index contributed by atoms with van der Waals surface area (Å²) in [4.78, 5) is 28.3. The first-order chi connectivity index (χ1) is 9.99. The van der Waals surface area contributed by atoms with E-state index in [-0.39, 0.29) is 23.1 Å². The number of aromatic nitrogens is 1. The Balaban J connectivity index is 2.02. The molecule has 0 bridgehead atoms. The quantitative estimate of drug-likeness (QED) is 0.612. The summed E-state index contributed by atoms with van der Waals surface area (Å²) in [6.07, 6.45) is 3.35. The third-order valence-electron chi connectivity index (χ3n) is 3.67. The number of nitrogens with zero attached hydrogens (tertiary/aromatic N) is 3. The van der Waals surface area contributed by atoms with Crippen LogP contribution in [-0.4, -0.2) is 46.4 Å². The Kier molecular flexibility index (Phi) is 4.69. The minimum atomic E-state index is -0.634. The lowest BCUT2D eigenvalue weighted by Gasteiger charge is -2.23. The summed E-state index contributed by atoms with van der Waals surface area (Å²) in [6, 6.07) is 1.43. The van der Waals surface area contributed by atoms with E-state index in [4.69, 9.17) is 5.73 Å². The first kappa shape index (κ1) is 15.2. The number of nitro groups is 1. The summed E-state index contributed by atoms with van der Waals surface area (Å²) in [5.74, 6) is -0.416. The van der Waals surface area contributed by atoms with Crippen molar-refractivity contribution in [3.8, 4) is 0 Å². The number of nitrogens with two attached hydrogens (primary N) is 1. The third-order valence-corrected chi connectivity index (χ3v) is 3.67. The minimum Gasteiger partial charge on any atom is -0.384 e. The SMILES string of the molecule is CC(CNC(=O)c1cc(N)ncc1[N+](=O)[O-])N1CCCC1. The average Bonchev–Trinajstić information content (AvgIpc) is 2.98. The second-order valence-electron chi connectivity index (χ2n) is 5.19. The van der Waals surface area contributed by atoms with Gasteiger partial charge in [-0.1, -0.05) is 0 Å². The molecule has 8 nitrogen and oxygen atoms in total. The van der Waals surface area contributed by atoms with Crippen molar-refractivity contribution in [3.05, 3.63) is 27.9 Å². The van der Waals surface area contributed by atoms with Crippen molar-refractivity contribution in [1.82, 2.24) is 15.2 Å². The second kappa shape index (κ2) is 6.49. The minimum absolute atomic E-state index is 0.0545. The first-order valence-electron chi connectivity index (χ1n) is 6.91. The van der Waals surface area contributed by atoms with Gasteiger partial charge in [0.15, 0.2) is 0 Å². The molecule has 0 radical (unpaired) electrons. The van der Waals surface area contributed by atoms with Crippen LogP contribution in [0.4, 0.5) is 11.5 Å². The molecule has 2 heterocycles. The smallest absolute Gasteiger partial charge is 0.300 e. The molecule has 0 spiro atoms. The van der Waals surface area contributed by atoms with E-state index in [1.165, 1.54) is 18.9 Å². The highest BCUT2D eigenvalue weighted by atomic mass is 16.6. The van der Waals surface area contributed by atoms with Crippen molar-refractivity contribution in [3.63, 3.8) is 0 Å². The van der Waals surface area contributed by atoms with Gasteiger partial charge in [-0.2, -0.15) is 0 Å². The number of likely N-dealkylation sites (tertiary alicyclic amines) is 1. The molecule has 1 amide bonds. The van der Waals surface area contributed by atoms with E-state index in [1.54, 1.807) is 0 Å². The van der Waals surface area contributed by atoms with Gasteiger partial charge in [0.25, 0.3) is 11.6 Å². The van der Waals surface area contributed by atoms with Crippen LogP contribution in [0.1, 0.15) is 30.1 Å². The lowest BCUT2D eigenvalue weighted by atomic mass is 10.2. The van der Waals surface area contributed by atoms with Crippen LogP contribution in [0.5, 0.6) is 0 Å². The van der Waals surface area contributed by atoms with Gasteiger partial charge in [-0.25, -0.2) is 4.98 Å². The van der Waals surface area contributed by atoms with Crippen LogP contribution in [0.2, 0.25) is 0 Å². The van der Waals surface area contributed by atoms with Gasteiger partial charge >= 0.3 is 0 Å². The van der Waals surface area contributed by atoms with Crippen molar-refractivity contribution in [1.29, 1.82) is 0 Å². The standard InChI is InChI=1S/C13H19N5O3/c1-9(17-4-2-3-5-17)7-16-13(19)10-6-12(14)15-8-11(10)18(20)21/h6,8-9H,2-5,7H2,1H3,(H2,14,15)(H,16,19). The molecule has 114 valence electrons. The Labute approximate surface area is 122 Å². The van der Waals surface area contributed by atoms with E-state index < -0.39 is 10.8 Å². The molecule has 1 aliphatic heterocycles. The lowest BCUT2D eigenvalue weighted by molar-refractivity contribution is -0.385. The van der Waals surface area contributed by atoms with Gasteiger partial charge in [0, 0.05) is 12.6 Å². The molecule has 1 atom stereocenters. The van der Waals surface area contributed by atoms with Gasteiger partial charge in [0.1, 0.15) is 17.6 Å². The number of carbonyl (C=O) groups is 1. The van der Waals surface area contributed by atoms with E-state index >= 15 is 0 Å². The molecule has 1 fully saturated rings. The number of hydrogen-bond donors (Lipinski definition) is 2. The Morgan fingerprint density at radius 1 is 1.57 bits per heavy atom. The van der Waals surface area contributed by atoms with Crippen LogP contribution in [0.25, 0.3) is 0 Å². The maximum atomic E-state index is 12.1. The second-order valence-corrected chi connectivity index (χ2v) is 5.19. The van der Waals surface area contributed by atoms with E-state index in [0.29, 0.717) is 6.54 Å². The summed E-state index contributed by atoms with van der Waals surface area (Å²) in [5, 5.41) is 13.7. The maximum Gasteiger partial charge on any atom is 0.300 e. The summed E-state index contributed by atoms with van der Waals surface area (Å²) in [6.45, 7) is 4.53. The zero-order chi connectivity index (χ0) is 15.4. The predicted molar refractivity (Wildman–Crippen MR) is 77.9 cm³/mol. The molecule has 0 aromatic carbocycles. The van der Waals surface area contributed by atoms with Crippen LogP contribution in [0.15, 0.2) is 12.3 Å². The topological polar surface area (TPSA) is 114 Å². The number of nitrogen functional groups attached to an aromatic ring is 1. The zero-order valence-corrected chi connectivity index (χ0v) is 11.9. The normalized spacial score (nSPS) is 16.6. The third kappa shape index (κ3) is 3.66. The summed E-state index contributed by atoms with van der Waals surface area (Å²) in [5.41, 5.74) is 5.11. The Morgan fingerprint density at radius 2 is 2.24 bits per heavy atom. The lowest BCUT2D eigenvalue weighted by Crippen LogP contribution is -2.40. The summed E-state index contributed by atoms with van der Waals surface area (Å²) >= 11 is 0. The molecule has 8 heteroatoms. The van der Waals surface area contributed by atoms with Gasteiger partial charge in [-0.05, 0) is 38.9 Å². The first-order valence-corrected chi connectivity index (χ1v) is 6.91. The molecule has 2 rings (SSSR count). The number of pyridine rings is 1. The molecular formula is C13H19N5O3. The molecule has 3 N–H and O–H groups in total. The van der Waals surface area contributed by atoms with Crippen molar-refractivity contribution < 1.29 is 9.72 Å². The molecule has 0 saturated carbocycles. The number of carbonyl (C=O) groups excluding carboxylic acids is 1. The van der Waals surface area contributed by atoms with Crippen LogP contribution in [0, 0.1) is 10.1 Å². The fourth-order valence-corrected chi connectivity index (χ4v) is 2.44. The van der Waals surface area contributed by atoms with Gasteiger partial charge in [0.05, 0.1) is 4.92 Å². The van der Waals surface area contributed by atoms with Crippen LogP contribution < -0.4 is 11.1 Å². The average molecular weight is 293 g/mol. The highest BCUT2D eigenvalue weighted by molar-refractivity contribution is 5.98. The maximum absolute atomic E-state index is 12.1. The van der Waals surface area contributed by atoms with Crippen molar-refractivity contribution in [2.75, 3.05) is 25.4 Å². The van der Waals surface area contributed by atoms with Gasteiger partial charge in [0.2, 0.25) is 0 Å². The largest absolute Gasteiger partial charge is 0.384 e. The van der Waals surface area contributed by atoms with Crippen molar-refractivity contribution >= 4 is 17.4 Å². The zero-order valence-electron chi connectivity index (χ0n) is 11.9. The van der Waals surface area contributed by atoms with Crippen LogP contribution in [-0.2, 0) is 0 Å².